The molecule has 2 fully saturated rings. The van der Waals surface area contributed by atoms with Crippen molar-refractivity contribution >= 4 is 85.0 Å². The van der Waals surface area contributed by atoms with E-state index in [1.165, 1.54) is 55.7 Å². The lowest BCUT2D eigenvalue weighted by Crippen LogP contribution is -2.28. The first-order valence-electron chi connectivity index (χ1n) is 44.6. The summed E-state index contributed by atoms with van der Waals surface area (Å²) >= 11 is 0. The maximum Gasteiger partial charge on any atom is 0.586 e. The number of aromatic hydroxyl groups is 2. The Hall–Kier alpha value is -13.2. The Morgan fingerprint density at radius 3 is 1.47 bits per heavy atom. The van der Waals surface area contributed by atoms with Crippen molar-refractivity contribution in [3.63, 3.8) is 0 Å². The molecule has 2 aliphatic heterocycles. The number of benzene rings is 8. The van der Waals surface area contributed by atoms with Crippen molar-refractivity contribution in [2.75, 3.05) is 27.9 Å². The van der Waals surface area contributed by atoms with Gasteiger partial charge in [0.1, 0.15) is 34.3 Å². The van der Waals surface area contributed by atoms with E-state index >= 15 is 4.39 Å². The number of carbonyl (C=O) groups excluding carboxylic acids is 5. The number of pyridine rings is 3. The van der Waals surface area contributed by atoms with Crippen molar-refractivity contribution < 1.29 is 93.5 Å². The number of rotatable bonds is 17. The number of Topliss-reactive ketones (excluding diaryl/α,β-unsaturated/α-hetero) is 1. The molecule has 678 valence electrons. The van der Waals surface area contributed by atoms with Gasteiger partial charge >= 0.3 is 12.6 Å². The molecule has 2 aliphatic carbocycles. The summed E-state index contributed by atoms with van der Waals surface area (Å²) in [5.74, 6) is -3.15. The minimum Gasteiger partial charge on any atom is -0.508 e. The van der Waals surface area contributed by atoms with Gasteiger partial charge in [-0.05, 0) is 191 Å². The molecule has 8 aromatic carbocycles. The van der Waals surface area contributed by atoms with E-state index in [-0.39, 0.29) is 104 Å². The maximum atomic E-state index is 15.3. The second kappa shape index (κ2) is 35.4. The Labute approximate surface area is 752 Å². The van der Waals surface area contributed by atoms with E-state index in [2.05, 4.69) is 55.2 Å². The predicted molar refractivity (Wildman–Crippen MR) is 490 cm³/mol. The van der Waals surface area contributed by atoms with Crippen molar-refractivity contribution in [1.82, 2.24) is 19.5 Å². The summed E-state index contributed by atoms with van der Waals surface area (Å²) in [6.07, 6.45) is -2.86. The van der Waals surface area contributed by atoms with E-state index in [9.17, 15) is 71.5 Å². The fourth-order valence-electron chi connectivity index (χ4n) is 15.6. The molecular weight excluding hydrogens is 1660 g/mol. The number of alkyl halides is 4. The molecule has 0 spiro atoms. The number of ketones is 1. The molecule has 16 rings (SSSR count). The van der Waals surface area contributed by atoms with Crippen LogP contribution in [0.1, 0.15) is 234 Å². The van der Waals surface area contributed by atoms with Gasteiger partial charge in [-0.25, -0.2) is 9.37 Å². The smallest absolute Gasteiger partial charge is 0.508 e. The van der Waals surface area contributed by atoms with Gasteiger partial charge in [-0.1, -0.05) is 172 Å². The first kappa shape index (κ1) is 86.5. The van der Waals surface area contributed by atoms with Crippen molar-refractivity contribution in [2.24, 2.45) is 0 Å². The number of phenols is 2. The standard InChI is InChI=1S/C27H29F3N2O5.C25H20F2N2O4.2C24H28N2O3.CH4/c1-4-25(2,3)23-10-15-9-19(18(28)12-20(15)32(23)13-17(34)14-33)31-24(35)26(7-8-26)16-5-6-21-22(11-16)37-27(29,30)36-21;1-14-6-9-21(28-22(14)17-5-3-4-16(12-17)15(2)30)29-23(31)24(10-11-24)18-7-8-19-20(13-18)33-25(26,27)32-19;2*1-23(2,3)16-11-17(24(4,5)6)20(27)12-19(16)26-22(29)15-13-25-18-10-8-7-9-14(18)21(15)28;/h5-6,9-12,17,33-34H,4,7-8,13-14H2,1-3H3,(H,31,35);3-9,12-13H,10-11H2,1-2H3,(H,28,29,31);2*7-13,27H,1-6H3,(H,25,28)(H,26,29);1H4/t17-;;;;/m1..../s1/i;;4D3,5D3;;. The molecule has 2 saturated carbocycles. The fraction of sp³-hybridized carbons (Fsp3) is 0.347. The Morgan fingerprint density at radius 2 is 1.02 bits per heavy atom. The number of amides is 4. The Kier molecular flexibility index (Phi) is 23.8. The zero-order chi connectivity index (χ0) is 98.3. The number of aryl methyl sites for hydroxylation is 1. The first-order chi connectivity index (χ1) is 62.3. The fourth-order valence-corrected chi connectivity index (χ4v) is 15.6. The highest BCUT2D eigenvalue weighted by molar-refractivity contribution is 6.08. The lowest BCUT2D eigenvalue weighted by molar-refractivity contribution is -0.287. The van der Waals surface area contributed by atoms with Gasteiger partial charge in [-0.2, -0.15) is 0 Å². The summed E-state index contributed by atoms with van der Waals surface area (Å²) in [5.41, 5.74) is 2.48. The van der Waals surface area contributed by atoms with Gasteiger partial charge in [0.15, 0.2) is 28.8 Å². The minimum atomic E-state index is -3.76. The number of carbonyl (C=O) groups is 5. The van der Waals surface area contributed by atoms with E-state index in [4.69, 9.17) is 8.22 Å². The zero-order valence-electron chi connectivity index (χ0n) is 79.3. The number of nitrogens with one attached hydrogen (secondary N) is 6. The summed E-state index contributed by atoms with van der Waals surface area (Å²) in [7, 11) is 0. The van der Waals surface area contributed by atoms with Crippen LogP contribution in [0.25, 0.3) is 44.0 Å². The van der Waals surface area contributed by atoms with E-state index in [0.29, 0.717) is 97.8 Å². The van der Waals surface area contributed by atoms with Gasteiger partial charge < -0.3 is 75.2 Å². The van der Waals surface area contributed by atoms with E-state index in [1.807, 2.05) is 99.6 Å². The van der Waals surface area contributed by atoms with Gasteiger partial charge in [0, 0.05) is 99.6 Å². The minimum absolute atomic E-state index is 0. The molecule has 10 N–H and O–H groups in total. The van der Waals surface area contributed by atoms with Gasteiger partial charge in [-0.15, -0.1) is 17.6 Å². The van der Waals surface area contributed by atoms with Gasteiger partial charge in [-0.3, -0.25) is 33.6 Å². The number of para-hydroxylation sites is 2. The molecule has 12 aromatic rings. The zero-order valence-corrected chi connectivity index (χ0v) is 73.3. The van der Waals surface area contributed by atoms with Crippen LogP contribution >= 0.6 is 0 Å². The van der Waals surface area contributed by atoms with E-state index in [0.717, 1.165) is 47.4 Å². The Balaban J connectivity index is 0.000000162. The van der Waals surface area contributed by atoms with Crippen LogP contribution in [0.2, 0.25) is 0 Å². The van der Waals surface area contributed by atoms with Crippen molar-refractivity contribution in [1.29, 1.82) is 0 Å². The summed E-state index contributed by atoms with van der Waals surface area (Å²) in [6.45, 7) is 21.9. The Morgan fingerprint density at radius 1 is 0.550 bits per heavy atom. The van der Waals surface area contributed by atoms with Gasteiger partial charge in [0.2, 0.25) is 22.7 Å². The molecule has 4 amide bonds. The second-order valence-corrected chi connectivity index (χ2v) is 36.6. The molecule has 129 heavy (non-hydrogen) atoms. The lowest BCUT2D eigenvalue weighted by atomic mass is 9.79. The molecule has 4 aliphatic rings. The molecule has 0 unspecified atom stereocenters. The van der Waals surface area contributed by atoms with Crippen molar-refractivity contribution in [3.05, 3.63) is 264 Å². The van der Waals surface area contributed by atoms with Crippen LogP contribution < -0.4 is 51.1 Å². The number of H-pyrrole nitrogens is 2. The van der Waals surface area contributed by atoms with Crippen LogP contribution in [0.3, 0.4) is 0 Å². The first-order valence-corrected chi connectivity index (χ1v) is 41.6. The lowest BCUT2D eigenvalue weighted by Gasteiger charge is -2.28. The third kappa shape index (κ3) is 20.2. The second-order valence-electron chi connectivity index (χ2n) is 36.6. The third-order valence-electron chi connectivity index (χ3n) is 23.4. The van der Waals surface area contributed by atoms with Crippen LogP contribution in [0, 0.1) is 12.7 Å². The number of aliphatic hydroxyl groups is 2. The average molecular weight is 1780 g/mol. The molecule has 4 aromatic heterocycles. The normalized spacial score (nSPS) is 15.9. The molecule has 0 radical (unpaired) electrons. The summed E-state index contributed by atoms with van der Waals surface area (Å²) in [4.78, 5) is 100. The summed E-state index contributed by atoms with van der Waals surface area (Å²) < 4.78 is 136. The molecule has 23 nitrogen and oxygen atoms in total. The quantitative estimate of drug-likeness (QED) is 0.0299. The number of hydrogen-bond donors (Lipinski definition) is 10. The number of aromatic nitrogens is 4. The van der Waals surface area contributed by atoms with Crippen LogP contribution in [-0.2, 0) is 54.0 Å². The molecule has 0 bridgehead atoms. The summed E-state index contributed by atoms with van der Waals surface area (Å²) in [5, 5.41) is 53.4. The SMILES string of the molecule is C.CC(=O)c1cccc(-c2nc(NC(=O)C3(c4ccc5c(c4)OC(F)(F)O5)CC3)ccc2C)c1.CC(C)(C)c1cc(C(C)(C)C)c(NC(=O)c2c[nH]c3ccccc3c2=O)cc1O.CCC(C)(C)c1cc2cc(NC(=O)C3(c4ccc5c(c4)OC(F)(F)O5)CC3)c(F)cc2n1C[C@@H](O)CO.[2H]C([2H])([2H])C(C)(c1cc(C(C)(C)C)c(NC(=O)c2c[nH]c3ccccc3c2=O)cc1O)C([2H])([2H])[2H]. The molecule has 28 heteroatoms. The summed E-state index contributed by atoms with van der Waals surface area (Å²) in [6, 6.07) is 44.0. The number of ether oxygens (including phenoxy) is 4. The molecule has 0 saturated heterocycles. The number of nitrogens with zero attached hydrogens (tertiary/aromatic N) is 2. The van der Waals surface area contributed by atoms with Crippen molar-refractivity contribution in [3.8, 4) is 45.8 Å². The number of aliphatic hydroxyl groups excluding tert-OH is 2. The number of phenolic OH excluding ortho intramolecular Hbond substituents is 2. The highest BCUT2D eigenvalue weighted by atomic mass is 19.3. The number of fused-ring (bicyclic) bond motifs is 5. The van der Waals surface area contributed by atoms with Crippen LogP contribution in [0.15, 0.2) is 186 Å². The van der Waals surface area contributed by atoms with Crippen molar-refractivity contribution in [2.45, 2.75) is 220 Å². The van der Waals surface area contributed by atoms with E-state index < -0.39 is 95.4 Å². The van der Waals surface area contributed by atoms with E-state index in [1.54, 1.807) is 116 Å². The topological polar surface area (TPSA) is 335 Å². The average Bonchev–Trinajstić information content (AvgIpc) is 1.72. The highest BCUT2D eigenvalue weighted by Crippen LogP contribution is 2.55. The van der Waals surface area contributed by atoms with Gasteiger partial charge in [0.05, 0.1) is 47.0 Å². The molecular formula is C101H109F5N8O15. The molecule has 6 heterocycles. The monoisotopic (exact) mass is 1770 g/mol. The number of aromatic amines is 2. The van der Waals surface area contributed by atoms with Gasteiger partial charge in [0.25, 0.3) is 11.8 Å². The predicted octanol–water partition coefficient (Wildman–Crippen LogP) is 20.9. The molecule has 1 atom stereocenters. The largest absolute Gasteiger partial charge is 0.586 e. The third-order valence-corrected chi connectivity index (χ3v) is 23.4. The Bertz CT molecular complexity index is 6790. The maximum absolute atomic E-state index is 15.3. The number of anilines is 4. The number of halogens is 5. The highest BCUT2D eigenvalue weighted by Gasteiger charge is 2.55. The van der Waals surface area contributed by atoms with Crippen LogP contribution in [0.5, 0.6) is 34.5 Å². The number of hydrogen-bond acceptors (Lipinski definition) is 16. The van der Waals surface area contributed by atoms with Crippen LogP contribution in [0.4, 0.5) is 44.8 Å². The van der Waals surface area contributed by atoms with Crippen LogP contribution in [-0.4, -0.2) is 94.7 Å².